The molecule has 1 atom stereocenters. The second kappa shape index (κ2) is 3.89. The van der Waals surface area contributed by atoms with Crippen molar-refractivity contribution in [2.75, 3.05) is 0 Å². The van der Waals surface area contributed by atoms with E-state index in [-0.39, 0.29) is 0 Å². The van der Waals surface area contributed by atoms with Crippen LogP contribution in [0.3, 0.4) is 0 Å². The number of hydrogen-bond acceptors (Lipinski definition) is 3. The summed E-state index contributed by atoms with van der Waals surface area (Å²) in [6, 6.07) is 0. The Balaban J connectivity index is 3.32. The zero-order valence-corrected chi connectivity index (χ0v) is 4.75. The first-order valence-electron chi connectivity index (χ1n) is 1.20. The van der Waals surface area contributed by atoms with E-state index in [1.165, 1.54) is 0 Å². The summed E-state index contributed by atoms with van der Waals surface area (Å²) in [5.41, 5.74) is 0. The summed E-state index contributed by atoms with van der Waals surface area (Å²) in [5, 5.41) is 4.78. The SMILES string of the molecule is O=S(O)NN=C=S. The second-order valence-electron chi connectivity index (χ2n) is 0.544. The molecule has 0 aromatic heterocycles. The van der Waals surface area contributed by atoms with Crippen LogP contribution < -0.4 is 4.83 Å². The van der Waals surface area contributed by atoms with Gasteiger partial charge in [-0.15, -0.1) is 5.10 Å². The van der Waals surface area contributed by atoms with E-state index in [2.05, 4.69) is 17.3 Å². The van der Waals surface area contributed by atoms with Gasteiger partial charge in [0.15, 0.2) is 0 Å². The van der Waals surface area contributed by atoms with Crippen LogP contribution in [0.5, 0.6) is 0 Å². The molecule has 0 aliphatic carbocycles. The van der Waals surface area contributed by atoms with Gasteiger partial charge in [-0.3, -0.25) is 4.55 Å². The first-order chi connectivity index (χ1) is 3.27. The highest BCUT2D eigenvalue weighted by atomic mass is 32.2. The van der Waals surface area contributed by atoms with Gasteiger partial charge >= 0.3 is 0 Å². The van der Waals surface area contributed by atoms with Crippen molar-refractivity contribution in [2.24, 2.45) is 5.10 Å². The van der Waals surface area contributed by atoms with Gasteiger partial charge in [0, 0.05) is 0 Å². The Morgan fingerprint density at radius 1 is 2.00 bits per heavy atom. The summed E-state index contributed by atoms with van der Waals surface area (Å²) in [5.74, 6) is 0. The van der Waals surface area contributed by atoms with Gasteiger partial charge in [0.25, 0.3) is 11.3 Å². The minimum absolute atomic E-state index is 1.73. The average molecular weight is 138 g/mol. The van der Waals surface area contributed by atoms with Crippen LogP contribution in [0.2, 0.25) is 0 Å². The van der Waals surface area contributed by atoms with Gasteiger partial charge in [0.1, 0.15) is 0 Å². The molecule has 6 heteroatoms. The van der Waals surface area contributed by atoms with Gasteiger partial charge in [0.2, 0.25) is 0 Å². The fraction of sp³-hybridized carbons (Fsp3) is 0. The van der Waals surface area contributed by atoms with Gasteiger partial charge in [-0.2, -0.15) is 4.83 Å². The molecule has 7 heavy (non-hydrogen) atoms. The molecule has 40 valence electrons. The molecule has 0 saturated carbocycles. The van der Waals surface area contributed by atoms with Crippen molar-refractivity contribution in [2.45, 2.75) is 0 Å². The lowest BCUT2D eigenvalue weighted by Gasteiger charge is -1.81. The number of thiocarbonyl (C=S) groups is 1. The third-order valence-electron chi connectivity index (χ3n) is 0.169. The Morgan fingerprint density at radius 3 is 2.71 bits per heavy atom. The first-order valence-corrected chi connectivity index (χ1v) is 2.72. The molecule has 0 aromatic carbocycles. The third kappa shape index (κ3) is 5.71. The Morgan fingerprint density at radius 2 is 2.57 bits per heavy atom. The molecule has 0 bridgehead atoms. The Hall–Kier alpha value is -0.290. The maximum Gasteiger partial charge on any atom is 0.276 e. The quantitative estimate of drug-likeness (QED) is 0.239. The minimum atomic E-state index is -2.11. The van der Waals surface area contributed by atoms with Crippen LogP contribution in [-0.2, 0) is 11.3 Å². The molecule has 0 amide bonds. The largest absolute Gasteiger partial charge is 0.288 e. The molecule has 0 aromatic rings. The van der Waals surface area contributed by atoms with Crippen molar-refractivity contribution in [3.8, 4) is 0 Å². The number of rotatable bonds is 2. The molecule has 0 aliphatic heterocycles. The van der Waals surface area contributed by atoms with Crippen molar-refractivity contribution in [1.82, 2.24) is 4.83 Å². The number of isothiocyanates is 1. The maximum atomic E-state index is 9.58. The summed E-state index contributed by atoms with van der Waals surface area (Å²) in [6.45, 7) is 0. The highest BCUT2D eigenvalue weighted by Gasteiger charge is 1.78. The topological polar surface area (TPSA) is 61.7 Å². The van der Waals surface area contributed by atoms with E-state index >= 15 is 0 Å². The fourth-order valence-electron chi connectivity index (χ4n) is 0.0577. The average Bonchev–Trinajstić information content (AvgIpc) is 1.61. The summed E-state index contributed by atoms with van der Waals surface area (Å²) >= 11 is 1.93. The third-order valence-corrected chi connectivity index (χ3v) is 0.508. The van der Waals surface area contributed by atoms with Crippen LogP contribution in [0, 0.1) is 0 Å². The lowest BCUT2D eigenvalue weighted by Crippen LogP contribution is -2.06. The summed E-state index contributed by atoms with van der Waals surface area (Å²) in [6.07, 6.45) is 0. The van der Waals surface area contributed by atoms with Crippen molar-refractivity contribution in [3.63, 3.8) is 0 Å². The first kappa shape index (κ1) is 6.71. The van der Waals surface area contributed by atoms with Crippen LogP contribution in [0.25, 0.3) is 0 Å². The minimum Gasteiger partial charge on any atom is -0.288 e. The Labute approximate surface area is 48.0 Å². The number of hydrazone groups is 1. The molecule has 4 nitrogen and oxygen atoms in total. The maximum absolute atomic E-state index is 9.58. The number of hydrogen-bond donors (Lipinski definition) is 2. The second-order valence-corrected chi connectivity index (χ2v) is 1.41. The van der Waals surface area contributed by atoms with Crippen molar-refractivity contribution in [3.05, 3.63) is 0 Å². The molecule has 0 fully saturated rings. The molecule has 0 rings (SSSR count). The molecule has 0 heterocycles. The summed E-state index contributed by atoms with van der Waals surface area (Å²) < 4.78 is 17.4. The lowest BCUT2D eigenvalue weighted by atomic mass is 11.7. The highest BCUT2D eigenvalue weighted by molar-refractivity contribution is 7.78. The highest BCUT2D eigenvalue weighted by Crippen LogP contribution is 1.58. The zero-order chi connectivity index (χ0) is 5.70. The van der Waals surface area contributed by atoms with Gasteiger partial charge in [-0.1, -0.05) is 0 Å². The lowest BCUT2D eigenvalue weighted by molar-refractivity contribution is 0.552. The smallest absolute Gasteiger partial charge is 0.276 e. The van der Waals surface area contributed by atoms with E-state index in [0.717, 1.165) is 0 Å². The van der Waals surface area contributed by atoms with Gasteiger partial charge in [0.05, 0.1) is 5.16 Å². The molecular weight excluding hydrogens is 136 g/mol. The van der Waals surface area contributed by atoms with Crippen LogP contribution in [0.15, 0.2) is 5.10 Å². The Bertz CT molecular complexity index is 117. The van der Waals surface area contributed by atoms with E-state index in [9.17, 15) is 4.21 Å². The van der Waals surface area contributed by atoms with Crippen LogP contribution >= 0.6 is 12.2 Å². The van der Waals surface area contributed by atoms with Crippen LogP contribution in [-0.4, -0.2) is 13.9 Å². The van der Waals surface area contributed by atoms with E-state index in [4.69, 9.17) is 4.55 Å². The van der Waals surface area contributed by atoms with Gasteiger partial charge in [-0.05, 0) is 12.2 Å². The zero-order valence-electron chi connectivity index (χ0n) is 3.12. The van der Waals surface area contributed by atoms with E-state index in [0.29, 0.717) is 0 Å². The molecule has 0 aliphatic rings. The standard InChI is InChI=1S/CH2N2O2S2/c4-7(5)3-2-1-6/h3H,(H,4,5). The fourth-order valence-corrected chi connectivity index (χ4v) is 0.285. The van der Waals surface area contributed by atoms with Crippen molar-refractivity contribution < 1.29 is 8.76 Å². The predicted octanol–water partition coefficient (Wildman–Crippen LogP) is -0.269. The normalized spacial score (nSPS) is 11.6. The molecule has 1 unspecified atom stereocenters. The van der Waals surface area contributed by atoms with E-state index < -0.39 is 11.3 Å². The van der Waals surface area contributed by atoms with Crippen LogP contribution in [0.1, 0.15) is 0 Å². The Kier molecular flexibility index (Phi) is 3.72. The monoisotopic (exact) mass is 138 g/mol. The number of nitrogens with zero attached hydrogens (tertiary/aromatic N) is 1. The molecule has 0 saturated heterocycles. The predicted molar refractivity (Wildman–Crippen MR) is 28.9 cm³/mol. The van der Waals surface area contributed by atoms with Crippen molar-refractivity contribution >= 4 is 28.6 Å². The van der Waals surface area contributed by atoms with E-state index in [1.54, 1.807) is 4.83 Å². The van der Waals surface area contributed by atoms with Crippen molar-refractivity contribution in [1.29, 1.82) is 0 Å². The molecule has 0 spiro atoms. The number of nitrogens with one attached hydrogen (secondary N) is 1. The van der Waals surface area contributed by atoms with E-state index in [1.807, 2.05) is 5.16 Å². The molecular formula is CH2N2O2S2. The molecule has 0 radical (unpaired) electrons. The summed E-state index contributed by atoms with van der Waals surface area (Å²) in [4.78, 5) is 1.73. The molecule has 2 N–H and O–H groups in total. The van der Waals surface area contributed by atoms with Gasteiger partial charge < -0.3 is 0 Å². The van der Waals surface area contributed by atoms with Gasteiger partial charge in [-0.25, -0.2) is 4.21 Å². The summed E-state index contributed by atoms with van der Waals surface area (Å²) in [7, 11) is 0. The van der Waals surface area contributed by atoms with Crippen LogP contribution in [0.4, 0.5) is 0 Å².